The van der Waals surface area contributed by atoms with Crippen molar-refractivity contribution in [2.45, 2.75) is 130 Å². The summed E-state index contributed by atoms with van der Waals surface area (Å²) in [4.78, 5) is 111. The number of azide groups is 3. The largest absolute Gasteiger partial charge is 0.462 e. The molecule has 0 saturated carbocycles. The molecule has 0 aromatic carbocycles. The summed E-state index contributed by atoms with van der Waals surface area (Å²) in [5.74, 6) is -5.72. The Morgan fingerprint density at radius 2 is 0.976 bits per heavy atom. The first-order valence-corrected chi connectivity index (χ1v) is 26.1. The van der Waals surface area contributed by atoms with Crippen LogP contribution in [-0.2, 0) is 52.3 Å². The van der Waals surface area contributed by atoms with Crippen LogP contribution in [0.2, 0.25) is 0 Å². The van der Waals surface area contributed by atoms with Gasteiger partial charge in [0, 0.05) is 65.2 Å². The molecule has 12 atom stereocenters. The number of esters is 4. The van der Waals surface area contributed by atoms with Gasteiger partial charge in [-0.15, -0.1) is 0 Å². The second-order valence-electron chi connectivity index (χ2n) is 21.1. The minimum Gasteiger partial charge on any atom is -0.462 e. The van der Waals surface area contributed by atoms with Crippen LogP contribution < -0.4 is 28.5 Å². The molecule has 0 unspecified atom stereocenters. The van der Waals surface area contributed by atoms with E-state index in [2.05, 4.69) is 50.0 Å². The van der Waals surface area contributed by atoms with Crippen LogP contribution in [0.4, 0.5) is 17.5 Å². The Morgan fingerprint density at radius 1 is 0.635 bits per heavy atom. The quantitative estimate of drug-likeness (QED) is 0.0255. The molecule has 466 valence electrons. The number of ether oxygens (including phenoxy) is 7. The lowest BCUT2D eigenvalue weighted by Gasteiger charge is -2.30. The molecule has 3 aromatic heterocycles. The summed E-state index contributed by atoms with van der Waals surface area (Å²) in [6.45, 7) is 16.4. The first-order chi connectivity index (χ1) is 39.4. The third-order valence-corrected chi connectivity index (χ3v) is 13.0. The van der Waals surface area contributed by atoms with Gasteiger partial charge in [-0.1, -0.05) is 91.5 Å². The summed E-state index contributed by atoms with van der Waals surface area (Å²) in [5, 5.41) is 30.2. The van der Waals surface area contributed by atoms with E-state index in [1.54, 1.807) is 95.2 Å². The topological polar surface area (TPSA) is 523 Å². The molecule has 3 fully saturated rings. The molecule has 0 aliphatic carbocycles. The zero-order valence-corrected chi connectivity index (χ0v) is 49.0. The van der Waals surface area contributed by atoms with E-state index in [0.717, 1.165) is 9.13 Å². The van der Waals surface area contributed by atoms with Gasteiger partial charge in [-0.2, -0.15) is 15.0 Å². The molecule has 3 saturated heterocycles. The Kier molecular flexibility index (Phi) is 25.1. The minimum atomic E-state index is -1.88. The van der Waals surface area contributed by atoms with Crippen LogP contribution in [0.15, 0.2) is 71.5 Å². The van der Waals surface area contributed by atoms with Crippen molar-refractivity contribution < 1.29 is 68.0 Å². The van der Waals surface area contributed by atoms with Crippen molar-refractivity contribution in [3.05, 3.63) is 99.6 Å². The van der Waals surface area contributed by atoms with Crippen molar-refractivity contribution in [1.82, 2.24) is 33.6 Å². The number of nitrogens with zero attached hydrogens (tertiary/aromatic N) is 17. The van der Waals surface area contributed by atoms with Crippen LogP contribution in [0.1, 0.15) is 94.8 Å². The SMILES string of the molecule is CC(C)C(=O)OC[C@@]1(N=[N+]=[N-])O[C@@H](n2ccc(N)nc2=O)[C@@H](C)[C@@H]1OC(=O)C(C)C.CC(C)C(=O)OC[C@@]1(N=[N+]=[N-])O[C@@H](n2ccc(N=CN(C)C)nc2=O)[C@@H](C)[C@@H]1OC(=O)C(C)C.C[C@@H]1[C@H](n2ccc(N)nc2=O)O[C@@](CO)(N=[N+]=[N-])[C@H]1O.O. The van der Waals surface area contributed by atoms with Crippen LogP contribution in [0.3, 0.4) is 0 Å². The average molecular weight is 1200 g/mol. The number of anilines is 2. The maximum absolute atomic E-state index is 12.8. The minimum absolute atomic E-state index is 0. The normalized spacial score (nSPS) is 26.6. The lowest BCUT2D eigenvalue weighted by atomic mass is 9.97. The fourth-order valence-corrected chi connectivity index (χ4v) is 8.38. The number of carbonyl (C=O) groups is 4. The monoisotopic (exact) mass is 1200 g/mol. The predicted molar refractivity (Wildman–Crippen MR) is 297 cm³/mol. The molecule has 85 heavy (non-hydrogen) atoms. The van der Waals surface area contributed by atoms with E-state index < -0.39 is 156 Å². The smallest absolute Gasteiger partial charge is 0.351 e. The van der Waals surface area contributed by atoms with Crippen molar-refractivity contribution in [2.24, 2.45) is 61.8 Å². The van der Waals surface area contributed by atoms with Gasteiger partial charge in [0.1, 0.15) is 55.7 Å². The van der Waals surface area contributed by atoms with Gasteiger partial charge in [0.05, 0.1) is 42.7 Å². The number of rotatable bonds is 19. The summed E-state index contributed by atoms with van der Waals surface area (Å²) >= 11 is 0. The van der Waals surface area contributed by atoms with Crippen molar-refractivity contribution in [2.75, 3.05) is 45.4 Å². The Balaban J connectivity index is 0.000000342. The zero-order valence-electron chi connectivity index (χ0n) is 49.0. The highest BCUT2D eigenvalue weighted by Crippen LogP contribution is 2.46. The Bertz CT molecular complexity index is 3210. The lowest BCUT2D eigenvalue weighted by Crippen LogP contribution is -2.47. The molecule has 36 nitrogen and oxygen atoms in total. The highest BCUT2D eigenvalue weighted by Gasteiger charge is 2.59. The predicted octanol–water partition coefficient (Wildman–Crippen LogP) is 2.69. The van der Waals surface area contributed by atoms with E-state index in [-0.39, 0.29) is 22.9 Å². The second kappa shape index (κ2) is 30.2. The molecule has 3 aliphatic rings. The van der Waals surface area contributed by atoms with Gasteiger partial charge in [-0.05, 0) is 34.8 Å². The molecule has 6 heterocycles. The van der Waals surface area contributed by atoms with Crippen LogP contribution >= 0.6 is 0 Å². The van der Waals surface area contributed by atoms with Crippen molar-refractivity contribution in [1.29, 1.82) is 0 Å². The summed E-state index contributed by atoms with van der Waals surface area (Å²) in [6, 6.07) is 4.31. The molecular weight excluding hydrogens is 1130 g/mol. The van der Waals surface area contributed by atoms with Crippen LogP contribution in [-0.4, -0.2) is 149 Å². The number of hydrogen-bond donors (Lipinski definition) is 4. The van der Waals surface area contributed by atoms with E-state index in [4.69, 9.17) is 55.7 Å². The third kappa shape index (κ3) is 16.8. The molecule has 0 spiro atoms. The number of aliphatic imine (C=N–C) groups is 1. The molecule has 3 aromatic rings. The standard InChI is InChI=1S/C21H31N7O6.C18H26N6O6.C10H14N6O4.H2O/c1-12(2)18(29)32-10-21(25-26-22)16(33-19(30)13(3)4)14(5)17(34-21)28-9-8-15(24-20(28)31)23-11-27(6)7;1-9(2)15(25)28-8-18(22-23-20)13(29-16(26)10(3)4)11(5)14(30-18)24-7-6-12(19)21-17(24)27;1-5-7(18)10(4-17,14-15-12)20-8(5)16-3-2-6(11)13-9(16)19;/h8-9,11-14,16-17H,10H2,1-7H3;6-7,9-11,13-14H,8H2,1-5H3,(H2,19,21,27);2-3,5,7-8,17-18H,4H2,1H3,(H2,11,13,19);1H2/t14-,16-,17+,21+;11-,13-,14+,18+;5-,7-,8+,10+;/m000./s1. The van der Waals surface area contributed by atoms with Crippen molar-refractivity contribution >= 4 is 47.7 Å². The van der Waals surface area contributed by atoms with E-state index >= 15 is 0 Å². The molecule has 36 heteroatoms. The highest BCUT2D eigenvalue weighted by molar-refractivity contribution is 5.73. The molecule has 0 radical (unpaired) electrons. The van der Waals surface area contributed by atoms with Gasteiger partial charge in [-0.25, -0.2) is 19.4 Å². The van der Waals surface area contributed by atoms with E-state index in [9.17, 15) is 49.3 Å². The van der Waals surface area contributed by atoms with Crippen molar-refractivity contribution in [3.63, 3.8) is 0 Å². The molecule has 8 N–H and O–H groups in total. The van der Waals surface area contributed by atoms with Crippen molar-refractivity contribution in [3.8, 4) is 0 Å². The van der Waals surface area contributed by atoms with Gasteiger partial charge in [0.25, 0.3) is 0 Å². The molecule has 6 rings (SSSR count). The first kappa shape index (κ1) is 70.5. The number of aromatic nitrogens is 6. The average Bonchev–Trinajstić information content (AvgIpc) is 1.82. The summed E-state index contributed by atoms with van der Waals surface area (Å²) in [5.41, 5.74) is 30.3. The van der Waals surface area contributed by atoms with E-state index in [1.807, 2.05) is 0 Å². The molecule has 0 amide bonds. The van der Waals surface area contributed by atoms with E-state index in [0.29, 0.717) is 0 Å². The van der Waals surface area contributed by atoms with Crippen LogP contribution in [0.5, 0.6) is 0 Å². The third-order valence-electron chi connectivity index (χ3n) is 13.0. The molecular formula is C49H73N19O17. The zero-order chi connectivity index (χ0) is 63.2. The van der Waals surface area contributed by atoms with Crippen LogP contribution in [0, 0.1) is 41.4 Å². The maximum Gasteiger partial charge on any atom is 0.351 e. The van der Waals surface area contributed by atoms with Crippen LogP contribution in [0.25, 0.3) is 31.3 Å². The fourth-order valence-electron chi connectivity index (χ4n) is 8.38. The van der Waals surface area contributed by atoms with Gasteiger partial charge in [0.15, 0.2) is 11.5 Å². The van der Waals surface area contributed by atoms with Gasteiger partial charge >= 0.3 is 40.9 Å². The summed E-state index contributed by atoms with van der Waals surface area (Å²) < 4.78 is 42.6. The van der Waals surface area contributed by atoms with E-state index in [1.165, 1.54) is 47.7 Å². The first-order valence-electron chi connectivity index (χ1n) is 26.1. The number of carbonyl (C=O) groups excluding carboxylic acids is 4. The Morgan fingerprint density at radius 3 is 1.31 bits per heavy atom. The second-order valence-corrected chi connectivity index (χ2v) is 21.1. The van der Waals surface area contributed by atoms with Gasteiger partial charge in [0.2, 0.25) is 11.4 Å². The summed E-state index contributed by atoms with van der Waals surface area (Å²) in [7, 11) is 3.55. The number of nitrogens with two attached hydrogens (primary N) is 2. The Hall–Kier alpha value is -8.72. The molecule has 0 bridgehead atoms. The van der Waals surface area contributed by atoms with Gasteiger partial charge < -0.3 is 65.2 Å². The highest BCUT2D eigenvalue weighted by atomic mass is 16.6. The number of aliphatic hydroxyl groups excluding tert-OH is 2. The maximum atomic E-state index is 12.8. The number of nitrogen functional groups attached to an aromatic ring is 2. The fraction of sp³-hybridized carbons (Fsp3) is 0.653. The van der Waals surface area contributed by atoms with Gasteiger partial charge in [-0.3, -0.25) is 32.9 Å². The number of aliphatic hydroxyl groups is 2. The summed E-state index contributed by atoms with van der Waals surface area (Å²) in [6.07, 6.45) is -0.828. The lowest BCUT2D eigenvalue weighted by molar-refractivity contribution is -0.181. The molecule has 3 aliphatic heterocycles. The Labute approximate surface area is 485 Å². The number of hydrogen-bond acceptors (Lipinski definition) is 25.